The van der Waals surface area contributed by atoms with E-state index in [0.717, 1.165) is 0 Å². The summed E-state index contributed by atoms with van der Waals surface area (Å²) in [4.78, 5) is 4.13. The average Bonchev–Trinajstić information content (AvgIpc) is 1.30. The second kappa shape index (κ2) is 2.29. The number of hydrogen-bond donors (Lipinski definition) is 0. The summed E-state index contributed by atoms with van der Waals surface area (Å²) in [5.41, 5.74) is 0.120. The number of nitrogens with zero attached hydrogens (tertiary/aromatic N) is 1. The molecule has 7 heavy (non-hydrogen) atoms. The topological polar surface area (TPSA) is 12.4 Å². The Balaban J connectivity index is 3.56. The van der Waals surface area contributed by atoms with Crippen molar-refractivity contribution in [3.8, 4) is 0 Å². The van der Waals surface area contributed by atoms with E-state index < -0.39 is 0 Å². The molecule has 0 N–H and O–H groups in total. The van der Waals surface area contributed by atoms with Crippen molar-refractivity contribution in [3.63, 3.8) is 0 Å². The van der Waals surface area contributed by atoms with Gasteiger partial charge in [0.2, 0.25) is 0 Å². The van der Waals surface area contributed by atoms with Gasteiger partial charge in [-0.05, 0) is 0 Å². The summed E-state index contributed by atoms with van der Waals surface area (Å²) in [5, 5.41) is 0. The Morgan fingerprint density at radius 1 is 1.43 bits per heavy atom. The molecule has 0 saturated carbocycles. The van der Waals surface area contributed by atoms with Gasteiger partial charge in [0, 0.05) is 0 Å². The third kappa shape index (κ3) is 5.93. The molecule has 0 aromatic heterocycles. The van der Waals surface area contributed by atoms with Gasteiger partial charge in [0.05, 0.1) is 0 Å². The molecule has 0 radical (unpaired) electrons. The molecule has 38 valence electrons. The van der Waals surface area contributed by atoms with Gasteiger partial charge < -0.3 is 0 Å². The minimum atomic E-state index is 0.120. The van der Waals surface area contributed by atoms with Gasteiger partial charge in [-0.15, -0.1) is 0 Å². The molecule has 1 nitrogen and oxygen atoms in total. The van der Waals surface area contributed by atoms with Crippen molar-refractivity contribution in [2.24, 2.45) is 4.90 Å². The zero-order chi connectivity index (χ0) is 5.91. The van der Waals surface area contributed by atoms with Gasteiger partial charge in [0.1, 0.15) is 0 Å². The van der Waals surface area contributed by atoms with Crippen molar-refractivity contribution in [1.29, 1.82) is 0 Å². The predicted octanol–water partition coefficient (Wildman–Crippen LogP) is 0.221. The fourth-order valence-corrected chi connectivity index (χ4v) is 0.387. The van der Waals surface area contributed by atoms with Gasteiger partial charge in [0.25, 0.3) is 0 Å². The SMILES string of the molecule is B/B=N/C(C)(C)C. The van der Waals surface area contributed by atoms with E-state index in [1.807, 2.05) is 14.7 Å². The third-order valence-corrected chi connectivity index (χ3v) is 0.516. The van der Waals surface area contributed by atoms with E-state index in [1.54, 1.807) is 0 Å². The zero-order valence-corrected chi connectivity index (χ0v) is 5.52. The van der Waals surface area contributed by atoms with E-state index in [4.69, 9.17) is 0 Å². The molecular weight excluding hydrogens is 83.7 g/mol. The maximum atomic E-state index is 4.13. The minimum absolute atomic E-state index is 0.120. The number of hydrogen-bond acceptors (Lipinski definition) is 1. The van der Waals surface area contributed by atoms with Crippen LogP contribution in [0.1, 0.15) is 20.8 Å². The van der Waals surface area contributed by atoms with Gasteiger partial charge in [-0.3, -0.25) is 0 Å². The average molecular weight is 94.8 g/mol. The van der Waals surface area contributed by atoms with Crippen molar-refractivity contribution in [2.45, 2.75) is 26.3 Å². The Bertz CT molecular complexity index is 72.2. The first kappa shape index (κ1) is 6.93. The van der Waals surface area contributed by atoms with Gasteiger partial charge >= 0.3 is 45.9 Å². The van der Waals surface area contributed by atoms with Crippen LogP contribution in [0.2, 0.25) is 0 Å². The molecule has 0 aromatic carbocycles. The van der Waals surface area contributed by atoms with Crippen LogP contribution in [0.3, 0.4) is 0 Å². The molecule has 0 aliphatic carbocycles. The summed E-state index contributed by atoms with van der Waals surface area (Å²) in [5.74, 6) is 0. The van der Waals surface area contributed by atoms with Crippen LogP contribution in [-0.2, 0) is 0 Å². The van der Waals surface area contributed by atoms with E-state index in [-0.39, 0.29) is 5.54 Å². The van der Waals surface area contributed by atoms with Gasteiger partial charge in [-0.25, -0.2) is 0 Å². The normalized spacial score (nSPS) is 11.9. The quantitative estimate of drug-likeness (QED) is 0.381. The second-order valence-electron chi connectivity index (χ2n) is 2.56. The van der Waals surface area contributed by atoms with Crippen LogP contribution in [0.15, 0.2) is 4.90 Å². The predicted molar refractivity (Wildman–Crippen MR) is 36.5 cm³/mol. The van der Waals surface area contributed by atoms with E-state index in [0.29, 0.717) is 0 Å². The van der Waals surface area contributed by atoms with Crippen molar-refractivity contribution in [2.75, 3.05) is 0 Å². The number of rotatable bonds is 0. The summed E-state index contributed by atoms with van der Waals surface area (Å²) < 4.78 is 0. The van der Waals surface area contributed by atoms with Crippen LogP contribution in [0.25, 0.3) is 0 Å². The van der Waals surface area contributed by atoms with Crippen molar-refractivity contribution >= 4 is 14.7 Å². The molecule has 3 heteroatoms. The van der Waals surface area contributed by atoms with Crippen LogP contribution in [0.4, 0.5) is 0 Å². The molecule has 0 unspecified atom stereocenters. The Morgan fingerprint density at radius 3 is 1.86 bits per heavy atom. The fourth-order valence-electron chi connectivity index (χ4n) is 0.387. The molecule has 0 aliphatic rings. The summed E-state index contributed by atoms with van der Waals surface area (Å²) in [6.45, 7) is 8.06. The van der Waals surface area contributed by atoms with E-state index in [1.165, 1.54) is 0 Å². The summed E-state index contributed by atoms with van der Waals surface area (Å²) in [6, 6.07) is 0. The molecule has 0 spiro atoms. The molecule has 0 fully saturated rings. The van der Waals surface area contributed by atoms with Crippen LogP contribution >= 0.6 is 0 Å². The van der Waals surface area contributed by atoms with Gasteiger partial charge in [-0.1, -0.05) is 0 Å². The summed E-state index contributed by atoms with van der Waals surface area (Å²) >= 11 is 0. The molecule has 0 bridgehead atoms. The van der Waals surface area contributed by atoms with Crippen molar-refractivity contribution in [1.82, 2.24) is 0 Å². The van der Waals surface area contributed by atoms with Gasteiger partial charge in [-0.2, -0.15) is 0 Å². The molecule has 0 amide bonds. The second-order valence-corrected chi connectivity index (χ2v) is 2.56. The fraction of sp³-hybridized carbons (Fsp3) is 1.00. The van der Waals surface area contributed by atoms with E-state index >= 15 is 0 Å². The zero-order valence-electron chi connectivity index (χ0n) is 5.52. The van der Waals surface area contributed by atoms with Crippen LogP contribution < -0.4 is 0 Å². The first-order valence-corrected chi connectivity index (χ1v) is 2.56. The Kier molecular flexibility index (Phi) is 2.27. The first-order chi connectivity index (χ1) is 3.06. The third-order valence-electron chi connectivity index (χ3n) is 0.516. The molecule has 0 rings (SSSR count). The van der Waals surface area contributed by atoms with Gasteiger partial charge in [0.15, 0.2) is 0 Å². The summed E-state index contributed by atoms with van der Waals surface area (Å²) in [6.07, 6.45) is 0. The molecule has 0 saturated heterocycles. The van der Waals surface area contributed by atoms with E-state index in [2.05, 4.69) is 25.7 Å². The summed E-state index contributed by atoms with van der Waals surface area (Å²) in [7, 11) is 1.94. The monoisotopic (exact) mass is 95.1 g/mol. The Hall–Kier alpha value is -0.0701. The molecule has 0 aliphatic heterocycles. The van der Waals surface area contributed by atoms with Crippen molar-refractivity contribution < 1.29 is 0 Å². The van der Waals surface area contributed by atoms with Crippen LogP contribution in [-0.4, -0.2) is 20.2 Å². The van der Waals surface area contributed by atoms with E-state index in [9.17, 15) is 0 Å². The molecule has 0 heterocycles. The Labute approximate surface area is 46.9 Å². The molecular formula is C4H11B2N. The molecule has 0 atom stereocenters. The molecule has 0 aromatic rings. The standard InChI is InChI=1S/C4H11B2N/c1-4(2,3)7-6-5/h5H2,1-3H3. The Morgan fingerprint density at radius 2 is 1.86 bits per heavy atom. The first-order valence-electron chi connectivity index (χ1n) is 2.56. The maximum absolute atomic E-state index is 4.13. The van der Waals surface area contributed by atoms with Crippen LogP contribution in [0, 0.1) is 0 Å². The van der Waals surface area contributed by atoms with Crippen molar-refractivity contribution in [3.05, 3.63) is 0 Å². The van der Waals surface area contributed by atoms with Crippen LogP contribution in [0.5, 0.6) is 0 Å².